The molecule has 4 nitrogen and oxygen atoms in total. The Morgan fingerprint density at radius 1 is 1.53 bits per heavy atom. The molecule has 0 saturated carbocycles. The molecule has 0 amide bonds. The maximum absolute atomic E-state index is 10.6. The first-order valence-electron chi connectivity index (χ1n) is 5.50. The zero-order valence-corrected chi connectivity index (χ0v) is 10.1. The van der Waals surface area contributed by atoms with Crippen LogP contribution in [0.5, 0.6) is 5.75 Å². The Morgan fingerprint density at radius 2 is 2.29 bits per heavy atom. The average molecular weight is 235 g/mol. The van der Waals surface area contributed by atoms with Crippen molar-refractivity contribution in [3.05, 3.63) is 35.9 Å². The molecule has 92 valence electrons. The molecule has 0 heterocycles. The number of hydrogen-bond acceptors (Lipinski definition) is 3. The first-order valence-corrected chi connectivity index (χ1v) is 5.50. The molecule has 17 heavy (non-hydrogen) atoms. The number of carboxylic acid groups (broad SMARTS) is 1. The van der Waals surface area contributed by atoms with Gasteiger partial charge in [-0.05, 0) is 26.0 Å². The number of benzene rings is 1. The van der Waals surface area contributed by atoms with E-state index in [2.05, 4.69) is 5.32 Å². The van der Waals surface area contributed by atoms with Crippen molar-refractivity contribution in [2.45, 2.75) is 13.8 Å². The van der Waals surface area contributed by atoms with Crippen molar-refractivity contribution in [3.8, 4) is 5.75 Å². The Hall–Kier alpha value is -1.97. The van der Waals surface area contributed by atoms with Crippen molar-refractivity contribution in [2.24, 2.45) is 0 Å². The number of anilines is 1. The lowest BCUT2D eigenvalue weighted by molar-refractivity contribution is -0.132. The van der Waals surface area contributed by atoms with Gasteiger partial charge in [-0.2, -0.15) is 0 Å². The molecule has 0 aliphatic heterocycles. The van der Waals surface area contributed by atoms with Crippen molar-refractivity contribution >= 4 is 11.7 Å². The van der Waals surface area contributed by atoms with Crippen LogP contribution in [0, 0.1) is 0 Å². The first-order chi connectivity index (χ1) is 8.13. The van der Waals surface area contributed by atoms with Crippen LogP contribution in [0.2, 0.25) is 0 Å². The van der Waals surface area contributed by atoms with Crippen LogP contribution in [0.25, 0.3) is 0 Å². The highest BCUT2D eigenvalue weighted by Gasteiger charge is 1.98. The third-order valence-electron chi connectivity index (χ3n) is 2.20. The van der Waals surface area contributed by atoms with Gasteiger partial charge in [0.05, 0.1) is 6.61 Å². The van der Waals surface area contributed by atoms with Gasteiger partial charge in [0.1, 0.15) is 5.75 Å². The van der Waals surface area contributed by atoms with Crippen molar-refractivity contribution in [2.75, 3.05) is 18.5 Å². The molecule has 1 aromatic rings. The third kappa shape index (κ3) is 4.59. The van der Waals surface area contributed by atoms with Gasteiger partial charge in [-0.1, -0.05) is 12.1 Å². The Labute approximate surface area is 101 Å². The predicted octanol–water partition coefficient (Wildman–Crippen LogP) is 2.53. The topological polar surface area (TPSA) is 58.6 Å². The summed E-state index contributed by atoms with van der Waals surface area (Å²) in [5.74, 6) is -0.0914. The van der Waals surface area contributed by atoms with E-state index < -0.39 is 5.97 Å². The molecular formula is C13H17NO3. The van der Waals surface area contributed by atoms with Crippen LogP contribution in [0.15, 0.2) is 35.9 Å². The normalized spacial score (nSPS) is 11.1. The molecule has 1 aromatic carbocycles. The van der Waals surface area contributed by atoms with Gasteiger partial charge in [0.2, 0.25) is 0 Å². The first kappa shape index (κ1) is 13.1. The summed E-state index contributed by atoms with van der Waals surface area (Å²) in [5, 5.41) is 11.8. The fourth-order valence-electron chi connectivity index (χ4n) is 1.27. The molecule has 0 fully saturated rings. The summed E-state index contributed by atoms with van der Waals surface area (Å²) in [4.78, 5) is 10.6. The number of rotatable bonds is 6. The molecule has 0 unspecified atom stereocenters. The Balaban J connectivity index is 2.54. The van der Waals surface area contributed by atoms with Crippen LogP contribution < -0.4 is 10.1 Å². The molecule has 0 aliphatic carbocycles. The largest absolute Gasteiger partial charge is 0.494 e. The van der Waals surface area contributed by atoms with E-state index in [4.69, 9.17) is 9.84 Å². The highest BCUT2D eigenvalue weighted by molar-refractivity contribution is 5.85. The van der Waals surface area contributed by atoms with Gasteiger partial charge in [0.15, 0.2) is 0 Å². The summed E-state index contributed by atoms with van der Waals surface area (Å²) in [6, 6.07) is 7.56. The molecule has 0 aromatic heterocycles. The van der Waals surface area contributed by atoms with E-state index in [9.17, 15) is 4.79 Å². The van der Waals surface area contributed by atoms with E-state index in [-0.39, 0.29) is 0 Å². The van der Waals surface area contributed by atoms with Crippen molar-refractivity contribution < 1.29 is 14.6 Å². The van der Waals surface area contributed by atoms with Gasteiger partial charge in [0, 0.05) is 23.9 Å². The fraction of sp³-hybridized carbons (Fsp3) is 0.308. The van der Waals surface area contributed by atoms with Crippen molar-refractivity contribution in [1.82, 2.24) is 0 Å². The lowest BCUT2D eigenvalue weighted by Gasteiger charge is -2.07. The van der Waals surface area contributed by atoms with Crippen LogP contribution in [-0.2, 0) is 4.79 Å². The van der Waals surface area contributed by atoms with E-state index in [0.717, 1.165) is 11.4 Å². The zero-order valence-electron chi connectivity index (χ0n) is 10.1. The summed E-state index contributed by atoms with van der Waals surface area (Å²) in [7, 11) is 0. The Kier molecular flexibility index (Phi) is 5.07. The number of aliphatic carboxylic acids is 1. The number of hydrogen-bond donors (Lipinski definition) is 2. The molecule has 4 heteroatoms. The third-order valence-corrected chi connectivity index (χ3v) is 2.20. The average Bonchev–Trinajstić information content (AvgIpc) is 2.29. The van der Waals surface area contributed by atoms with Gasteiger partial charge in [0.25, 0.3) is 0 Å². The maximum atomic E-state index is 10.6. The standard InChI is InChI=1S/C13H17NO3/c1-3-17-12-6-4-5-11(9-12)14-8-7-10(2)13(15)16/h4-7,9,14H,3,8H2,1-2H3,(H,15,16)/b10-7-. The minimum Gasteiger partial charge on any atom is -0.494 e. The molecule has 1 rings (SSSR count). The van der Waals surface area contributed by atoms with Crippen LogP contribution in [0.3, 0.4) is 0 Å². The van der Waals surface area contributed by atoms with Gasteiger partial charge < -0.3 is 15.2 Å². The van der Waals surface area contributed by atoms with Crippen molar-refractivity contribution in [3.63, 3.8) is 0 Å². The summed E-state index contributed by atoms with van der Waals surface area (Å²) in [6.45, 7) is 4.61. The van der Waals surface area contributed by atoms with Gasteiger partial charge in [-0.25, -0.2) is 4.79 Å². The summed E-state index contributed by atoms with van der Waals surface area (Å²) in [5.41, 5.74) is 1.24. The molecule has 0 aliphatic rings. The minimum absolute atomic E-state index is 0.332. The van der Waals surface area contributed by atoms with Crippen LogP contribution in [-0.4, -0.2) is 24.2 Å². The van der Waals surface area contributed by atoms with E-state index in [1.165, 1.54) is 0 Å². The summed E-state index contributed by atoms with van der Waals surface area (Å²) in [6.07, 6.45) is 1.63. The van der Waals surface area contributed by atoms with E-state index in [1.807, 2.05) is 31.2 Å². The molecule has 0 atom stereocenters. The SMILES string of the molecule is CCOc1cccc(NC/C=C(/C)C(=O)O)c1. The Morgan fingerprint density at radius 3 is 2.94 bits per heavy atom. The molecule has 0 spiro atoms. The number of nitrogens with one attached hydrogen (secondary N) is 1. The predicted molar refractivity (Wildman–Crippen MR) is 67.5 cm³/mol. The summed E-state index contributed by atoms with van der Waals surface area (Å²) >= 11 is 0. The second kappa shape index (κ2) is 6.58. The highest BCUT2D eigenvalue weighted by Crippen LogP contribution is 2.16. The van der Waals surface area contributed by atoms with Crippen LogP contribution in [0.4, 0.5) is 5.69 Å². The second-order valence-electron chi connectivity index (χ2n) is 3.53. The summed E-state index contributed by atoms with van der Waals surface area (Å²) < 4.78 is 5.36. The highest BCUT2D eigenvalue weighted by atomic mass is 16.5. The number of carbonyl (C=O) groups is 1. The van der Waals surface area contributed by atoms with Gasteiger partial charge >= 0.3 is 5.97 Å². The lowest BCUT2D eigenvalue weighted by atomic mass is 10.2. The molecule has 0 saturated heterocycles. The van der Waals surface area contributed by atoms with Gasteiger partial charge in [-0.3, -0.25) is 0 Å². The van der Waals surface area contributed by atoms with E-state index in [1.54, 1.807) is 13.0 Å². The van der Waals surface area contributed by atoms with Crippen LogP contribution in [0.1, 0.15) is 13.8 Å². The molecule has 2 N–H and O–H groups in total. The minimum atomic E-state index is -0.894. The zero-order chi connectivity index (χ0) is 12.7. The number of carboxylic acids is 1. The second-order valence-corrected chi connectivity index (χ2v) is 3.53. The smallest absolute Gasteiger partial charge is 0.331 e. The van der Waals surface area contributed by atoms with Crippen LogP contribution >= 0.6 is 0 Å². The maximum Gasteiger partial charge on any atom is 0.331 e. The van der Waals surface area contributed by atoms with E-state index >= 15 is 0 Å². The van der Waals surface area contributed by atoms with E-state index in [0.29, 0.717) is 18.7 Å². The van der Waals surface area contributed by atoms with Crippen molar-refractivity contribution in [1.29, 1.82) is 0 Å². The quantitative estimate of drug-likeness (QED) is 0.744. The van der Waals surface area contributed by atoms with Gasteiger partial charge in [-0.15, -0.1) is 0 Å². The molecule has 0 radical (unpaired) electrons. The number of ether oxygens (including phenoxy) is 1. The Bertz CT molecular complexity index is 413. The lowest BCUT2D eigenvalue weighted by Crippen LogP contribution is -2.03. The molecular weight excluding hydrogens is 218 g/mol. The fourth-order valence-corrected chi connectivity index (χ4v) is 1.27. The monoisotopic (exact) mass is 235 g/mol. The molecule has 0 bridgehead atoms.